The standard InChI is InChI=1S/C30H32N8O/c1-2-37-25-9-8-21(18-24(25)33-29(37)20-6-4-3-5-7-20)26-27-28(31)32-10-11-38(27)30(34-26)22-16-23(17-22)36-14-12-35(19-39)13-15-36/h3-11,18-19,22-23H,2,12-17H2,1H3,(H2,31,32)/t22-,23+. The van der Waals surface area contributed by atoms with Crippen LogP contribution in [0.1, 0.15) is 31.5 Å². The maximum atomic E-state index is 11.1. The molecule has 1 aliphatic carbocycles. The van der Waals surface area contributed by atoms with E-state index in [9.17, 15) is 4.79 Å². The number of nitrogens with two attached hydrogens (primary N) is 1. The van der Waals surface area contributed by atoms with Gasteiger partial charge in [-0.3, -0.25) is 14.1 Å². The number of carbonyl (C=O) groups is 1. The van der Waals surface area contributed by atoms with Crippen LogP contribution in [-0.4, -0.2) is 72.4 Å². The number of piperazine rings is 1. The molecular formula is C30H32N8O. The van der Waals surface area contributed by atoms with Gasteiger partial charge in [-0.1, -0.05) is 36.4 Å². The second kappa shape index (κ2) is 9.50. The average Bonchev–Trinajstić information content (AvgIpc) is 3.52. The van der Waals surface area contributed by atoms with E-state index in [2.05, 4.69) is 56.1 Å². The van der Waals surface area contributed by atoms with Gasteiger partial charge < -0.3 is 15.2 Å². The molecule has 1 aliphatic heterocycles. The number of aromatic nitrogens is 5. The van der Waals surface area contributed by atoms with Crippen molar-refractivity contribution in [2.24, 2.45) is 0 Å². The normalized spacial score (nSPS) is 20.0. The lowest BCUT2D eigenvalue weighted by Crippen LogP contribution is -2.53. The van der Waals surface area contributed by atoms with Crippen molar-refractivity contribution in [1.82, 2.24) is 33.7 Å². The van der Waals surface area contributed by atoms with Gasteiger partial charge >= 0.3 is 0 Å². The first-order valence-electron chi connectivity index (χ1n) is 13.8. The Kier molecular flexibility index (Phi) is 5.81. The van der Waals surface area contributed by atoms with E-state index >= 15 is 0 Å². The molecule has 2 aromatic carbocycles. The van der Waals surface area contributed by atoms with Crippen LogP contribution in [0.5, 0.6) is 0 Å². The van der Waals surface area contributed by atoms with E-state index in [0.717, 1.165) is 97.0 Å². The largest absolute Gasteiger partial charge is 0.382 e. The van der Waals surface area contributed by atoms with Crippen molar-refractivity contribution in [3.63, 3.8) is 0 Å². The molecule has 0 bridgehead atoms. The summed E-state index contributed by atoms with van der Waals surface area (Å²) in [5, 5.41) is 0. The van der Waals surface area contributed by atoms with Gasteiger partial charge in [-0.05, 0) is 31.9 Å². The van der Waals surface area contributed by atoms with Crippen LogP contribution < -0.4 is 5.73 Å². The monoisotopic (exact) mass is 520 g/mol. The van der Waals surface area contributed by atoms with Crippen molar-refractivity contribution in [3.05, 3.63) is 66.7 Å². The number of fused-ring (bicyclic) bond motifs is 2. The summed E-state index contributed by atoms with van der Waals surface area (Å²) in [4.78, 5) is 30.1. The summed E-state index contributed by atoms with van der Waals surface area (Å²) in [6.07, 6.45) is 6.81. The summed E-state index contributed by atoms with van der Waals surface area (Å²) < 4.78 is 4.39. The molecule has 39 heavy (non-hydrogen) atoms. The molecule has 0 atom stereocenters. The van der Waals surface area contributed by atoms with Gasteiger partial charge in [0.1, 0.15) is 28.7 Å². The smallest absolute Gasteiger partial charge is 0.209 e. The minimum absolute atomic E-state index is 0.356. The number of carbonyl (C=O) groups excluding carboxylic acids is 1. The van der Waals surface area contributed by atoms with E-state index in [1.165, 1.54) is 0 Å². The SMILES string of the molecule is CCn1c(-c2ccccc2)nc2cc(-c3nc([C@H]4C[C@@H](N5CCN(C=O)CC5)C4)n4ccnc(N)c34)ccc21. The molecule has 1 saturated carbocycles. The van der Waals surface area contributed by atoms with Gasteiger partial charge in [0.25, 0.3) is 0 Å². The lowest BCUT2D eigenvalue weighted by atomic mass is 9.78. The number of benzene rings is 2. The first kappa shape index (κ1) is 23.8. The lowest BCUT2D eigenvalue weighted by Gasteiger charge is -2.45. The molecule has 0 unspecified atom stereocenters. The summed E-state index contributed by atoms with van der Waals surface area (Å²) in [5.41, 5.74) is 12.3. The van der Waals surface area contributed by atoms with Gasteiger partial charge in [0.15, 0.2) is 0 Å². The Morgan fingerprint density at radius 2 is 1.79 bits per heavy atom. The number of nitrogens with zero attached hydrogens (tertiary/aromatic N) is 7. The third-order valence-corrected chi connectivity index (χ3v) is 8.47. The van der Waals surface area contributed by atoms with Gasteiger partial charge in [0.05, 0.1) is 11.0 Å². The molecule has 5 aromatic rings. The Morgan fingerprint density at radius 3 is 2.54 bits per heavy atom. The number of nitrogen functional groups attached to an aromatic ring is 1. The van der Waals surface area contributed by atoms with Gasteiger partial charge in [-0.15, -0.1) is 0 Å². The van der Waals surface area contributed by atoms with Crippen molar-refractivity contribution >= 4 is 28.8 Å². The Labute approximate surface area is 226 Å². The molecule has 2 aliphatic rings. The van der Waals surface area contributed by atoms with Gasteiger partial charge in [0.2, 0.25) is 6.41 Å². The molecule has 3 aromatic heterocycles. The molecule has 198 valence electrons. The molecule has 9 nitrogen and oxygen atoms in total. The second-order valence-electron chi connectivity index (χ2n) is 10.6. The average molecular weight is 521 g/mol. The van der Waals surface area contributed by atoms with E-state index in [0.29, 0.717) is 17.8 Å². The predicted molar refractivity (Wildman–Crippen MR) is 152 cm³/mol. The fourth-order valence-electron chi connectivity index (χ4n) is 6.29. The zero-order valence-corrected chi connectivity index (χ0v) is 22.1. The minimum Gasteiger partial charge on any atom is -0.382 e. The highest BCUT2D eigenvalue weighted by molar-refractivity contribution is 5.91. The molecule has 4 heterocycles. The molecule has 2 fully saturated rings. The van der Waals surface area contributed by atoms with E-state index in [-0.39, 0.29) is 0 Å². The van der Waals surface area contributed by atoms with Crippen molar-refractivity contribution in [3.8, 4) is 22.6 Å². The zero-order chi connectivity index (χ0) is 26.5. The summed E-state index contributed by atoms with van der Waals surface area (Å²) in [7, 11) is 0. The van der Waals surface area contributed by atoms with E-state index in [1.54, 1.807) is 6.20 Å². The lowest BCUT2D eigenvalue weighted by molar-refractivity contribution is -0.120. The highest BCUT2D eigenvalue weighted by atomic mass is 16.1. The van der Waals surface area contributed by atoms with Crippen molar-refractivity contribution in [1.29, 1.82) is 0 Å². The maximum absolute atomic E-state index is 11.1. The first-order chi connectivity index (χ1) is 19.1. The highest BCUT2D eigenvalue weighted by Crippen LogP contribution is 2.42. The van der Waals surface area contributed by atoms with E-state index in [1.807, 2.05) is 29.3 Å². The predicted octanol–water partition coefficient (Wildman–Crippen LogP) is 4.04. The minimum atomic E-state index is 0.356. The molecule has 7 rings (SSSR count). The summed E-state index contributed by atoms with van der Waals surface area (Å²) in [6.45, 7) is 6.49. The third-order valence-electron chi connectivity index (χ3n) is 8.47. The third kappa shape index (κ3) is 3.96. The number of aryl methyl sites for hydroxylation is 1. The van der Waals surface area contributed by atoms with Crippen molar-refractivity contribution in [2.45, 2.75) is 38.3 Å². The highest BCUT2D eigenvalue weighted by Gasteiger charge is 2.38. The van der Waals surface area contributed by atoms with Crippen LogP contribution in [0, 0.1) is 0 Å². The fraction of sp³-hybridized carbons (Fsp3) is 0.333. The number of hydrogen-bond acceptors (Lipinski definition) is 6. The van der Waals surface area contributed by atoms with E-state index in [4.69, 9.17) is 15.7 Å². The summed E-state index contributed by atoms with van der Waals surface area (Å²) in [6, 6.07) is 17.2. The summed E-state index contributed by atoms with van der Waals surface area (Å²) >= 11 is 0. The Bertz CT molecular complexity index is 1660. The van der Waals surface area contributed by atoms with E-state index < -0.39 is 0 Å². The second-order valence-corrected chi connectivity index (χ2v) is 10.6. The fourth-order valence-corrected chi connectivity index (χ4v) is 6.29. The van der Waals surface area contributed by atoms with Crippen LogP contribution in [0.25, 0.3) is 39.2 Å². The van der Waals surface area contributed by atoms with Crippen LogP contribution in [-0.2, 0) is 11.3 Å². The molecule has 0 spiro atoms. The molecular weight excluding hydrogens is 488 g/mol. The number of amides is 1. The number of anilines is 1. The van der Waals surface area contributed by atoms with Crippen LogP contribution in [0.2, 0.25) is 0 Å². The number of imidazole rings is 2. The van der Waals surface area contributed by atoms with Crippen molar-refractivity contribution in [2.75, 3.05) is 31.9 Å². The maximum Gasteiger partial charge on any atom is 0.209 e. The van der Waals surface area contributed by atoms with Crippen LogP contribution in [0.15, 0.2) is 60.9 Å². The Morgan fingerprint density at radius 1 is 1.00 bits per heavy atom. The van der Waals surface area contributed by atoms with Crippen LogP contribution in [0.3, 0.4) is 0 Å². The Hall–Kier alpha value is -4.24. The van der Waals surface area contributed by atoms with Crippen LogP contribution >= 0.6 is 0 Å². The molecule has 2 N–H and O–H groups in total. The number of hydrogen-bond donors (Lipinski definition) is 1. The molecule has 1 saturated heterocycles. The zero-order valence-electron chi connectivity index (χ0n) is 22.1. The van der Waals surface area contributed by atoms with Crippen LogP contribution in [0.4, 0.5) is 5.82 Å². The van der Waals surface area contributed by atoms with Gasteiger partial charge in [-0.25, -0.2) is 15.0 Å². The topological polar surface area (TPSA) is 97.6 Å². The molecule has 0 radical (unpaired) electrons. The molecule has 9 heteroatoms. The molecule has 1 amide bonds. The van der Waals surface area contributed by atoms with Gasteiger partial charge in [0, 0.05) is 68.2 Å². The van der Waals surface area contributed by atoms with Gasteiger partial charge in [-0.2, -0.15) is 0 Å². The number of rotatable bonds is 6. The summed E-state index contributed by atoms with van der Waals surface area (Å²) in [5.74, 6) is 2.85. The first-order valence-corrected chi connectivity index (χ1v) is 13.8. The Balaban J connectivity index is 1.23. The quantitative estimate of drug-likeness (QED) is 0.340. The van der Waals surface area contributed by atoms with Crippen molar-refractivity contribution < 1.29 is 4.79 Å².